The Morgan fingerprint density at radius 1 is 1.19 bits per heavy atom. The summed E-state index contributed by atoms with van der Waals surface area (Å²) in [6.45, 7) is 1.75. The van der Waals surface area contributed by atoms with Gasteiger partial charge in [-0.1, -0.05) is 17.7 Å². The monoisotopic (exact) mass is 449 g/mol. The van der Waals surface area contributed by atoms with Crippen molar-refractivity contribution < 1.29 is 14.7 Å². The molecule has 0 radical (unpaired) electrons. The highest BCUT2D eigenvalue weighted by Crippen LogP contribution is 2.37. The Kier molecular flexibility index (Phi) is 4.63. The molecule has 3 aromatic heterocycles. The summed E-state index contributed by atoms with van der Waals surface area (Å²) in [7, 11) is 0. The molecule has 1 aliphatic heterocycles. The number of rotatable bonds is 4. The van der Waals surface area contributed by atoms with Gasteiger partial charge in [-0.15, -0.1) is 0 Å². The van der Waals surface area contributed by atoms with Gasteiger partial charge in [0.25, 0.3) is 5.91 Å². The first-order valence-electron chi connectivity index (χ1n) is 9.57. The summed E-state index contributed by atoms with van der Waals surface area (Å²) >= 11 is 5.95. The predicted octanol–water partition coefficient (Wildman–Crippen LogP) is 3.43. The molecule has 0 fully saturated rings. The van der Waals surface area contributed by atoms with Crippen molar-refractivity contribution in [2.75, 3.05) is 10.6 Å². The van der Waals surface area contributed by atoms with Crippen molar-refractivity contribution >= 4 is 45.9 Å². The third-order valence-electron chi connectivity index (χ3n) is 5.20. The van der Waals surface area contributed by atoms with Crippen LogP contribution >= 0.6 is 11.6 Å². The Morgan fingerprint density at radius 3 is 2.78 bits per heavy atom. The van der Waals surface area contributed by atoms with E-state index in [1.54, 1.807) is 37.5 Å². The summed E-state index contributed by atoms with van der Waals surface area (Å²) in [6, 6.07) is 9.46. The molecule has 5 rings (SSSR count). The van der Waals surface area contributed by atoms with Gasteiger partial charge in [-0.2, -0.15) is 10.2 Å². The van der Waals surface area contributed by atoms with Crippen LogP contribution < -0.4 is 10.6 Å². The second-order valence-corrected chi connectivity index (χ2v) is 7.66. The lowest BCUT2D eigenvalue weighted by Crippen LogP contribution is -2.31. The van der Waals surface area contributed by atoms with Crippen LogP contribution in [-0.2, 0) is 4.79 Å². The maximum atomic E-state index is 13.4. The summed E-state index contributed by atoms with van der Waals surface area (Å²) in [5.41, 5.74) is 2.87. The SMILES string of the molecule is CC1=C(C(=O)Nc2ccc3[nH]ncc3c2)C(c2ccc(Cl)nc2)n2nc(C(=O)O)cc2N1. The van der Waals surface area contributed by atoms with Crippen molar-refractivity contribution in [2.24, 2.45) is 0 Å². The van der Waals surface area contributed by atoms with Crippen molar-refractivity contribution in [1.82, 2.24) is 25.0 Å². The summed E-state index contributed by atoms with van der Waals surface area (Å²) in [6.07, 6.45) is 3.21. The number of halogens is 1. The average molecular weight is 450 g/mol. The molecule has 11 heteroatoms. The predicted molar refractivity (Wildman–Crippen MR) is 118 cm³/mol. The van der Waals surface area contributed by atoms with Crippen molar-refractivity contribution in [3.8, 4) is 0 Å². The topological polar surface area (TPSA) is 138 Å². The largest absolute Gasteiger partial charge is 0.476 e. The minimum atomic E-state index is -1.17. The van der Waals surface area contributed by atoms with Crippen LogP contribution in [0.4, 0.5) is 11.5 Å². The molecule has 0 saturated heterocycles. The zero-order valence-electron chi connectivity index (χ0n) is 16.6. The summed E-state index contributed by atoms with van der Waals surface area (Å²) in [4.78, 5) is 29.0. The fraction of sp³-hybridized carbons (Fsp3) is 0.0952. The smallest absolute Gasteiger partial charge is 0.356 e. The lowest BCUT2D eigenvalue weighted by atomic mass is 9.96. The number of hydrogen-bond donors (Lipinski definition) is 4. The number of anilines is 2. The first-order chi connectivity index (χ1) is 15.4. The second kappa shape index (κ2) is 7.50. The Hall–Kier alpha value is -4.18. The minimum Gasteiger partial charge on any atom is -0.476 e. The van der Waals surface area contributed by atoms with E-state index in [1.165, 1.54) is 10.7 Å². The van der Waals surface area contributed by atoms with E-state index in [9.17, 15) is 14.7 Å². The number of aromatic amines is 1. The van der Waals surface area contributed by atoms with E-state index in [0.29, 0.717) is 33.5 Å². The second-order valence-electron chi connectivity index (χ2n) is 7.27. The van der Waals surface area contributed by atoms with Gasteiger partial charge in [-0.25, -0.2) is 14.5 Å². The number of carbonyl (C=O) groups is 2. The molecule has 1 amide bonds. The van der Waals surface area contributed by atoms with E-state index in [0.717, 1.165) is 10.9 Å². The van der Waals surface area contributed by atoms with E-state index >= 15 is 0 Å². The zero-order chi connectivity index (χ0) is 22.4. The average Bonchev–Trinajstić information content (AvgIpc) is 3.39. The summed E-state index contributed by atoms with van der Waals surface area (Å²) in [5, 5.41) is 27.6. The van der Waals surface area contributed by atoms with Crippen molar-refractivity contribution in [3.63, 3.8) is 0 Å². The first kappa shape index (κ1) is 19.8. The Balaban J connectivity index is 1.57. The standard InChI is InChI=1S/C21H16ClN7O3/c1-10-18(20(30)26-13-3-4-14-12(6-13)9-24-27-14)19(11-2-5-16(22)23-8-11)29-17(25-10)7-15(28-29)21(31)32/h2-9,19,25H,1H3,(H,24,27)(H,26,30)(H,31,32). The van der Waals surface area contributed by atoms with Crippen LogP contribution in [0.2, 0.25) is 5.15 Å². The van der Waals surface area contributed by atoms with E-state index < -0.39 is 12.0 Å². The fourth-order valence-electron chi connectivity index (χ4n) is 3.75. The maximum absolute atomic E-state index is 13.4. The number of aromatic carboxylic acids is 1. The lowest BCUT2D eigenvalue weighted by Gasteiger charge is -2.29. The molecule has 10 nitrogen and oxygen atoms in total. The van der Waals surface area contributed by atoms with Crippen LogP contribution in [0.3, 0.4) is 0 Å². The Labute approximate surface area is 185 Å². The molecule has 0 bridgehead atoms. The molecule has 1 unspecified atom stereocenters. The highest BCUT2D eigenvalue weighted by Gasteiger charge is 2.34. The van der Waals surface area contributed by atoms with E-state index in [-0.39, 0.29) is 11.6 Å². The molecule has 4 aromatic rings. The van der Waals surface area contributed by atoms with Crippen LogP contribution in [0.25, 0.3) is 10.9 Å². The number of nitrogens with zero attached hydrogens (tertiary/aromatic N) is 4. The number of amides is 1. The van der Waals surface area contributed by atoms with Gasteiger partial charge < -0.3 is 15.7 Å². The zero-order valence-corrected chi connectivity index (χ0v) is 17.4. The molecule has 4 heterocycles. The van der Waals surface area contributed by atoms with Gasteiger partial charge in [0, 0.05) is 29.0 Å². The van der Waals surface area contributed by atoms with Gasteiger partial charge >= 0.3 is 5.97 Å². The van der Waals surface area contributed by atoms with Crippen LogP contribution in [0.1, 0.15) is 29.0 Å². The van der Waals surface area contributed by atoms with Gasteiger partial charge in [0.2, 0.25) is 0 Å². The highest BCUT2D eigenvalue weighted by molar-refractivity contribution is 6.29. The normalized spacial score (nSPS) is 15.4. The number of carboxylic acid groups (broad SMARTS) is 1. The number of H-pyrrole nitrogens is 1. The lowest BCUT2D eigenvalue weighted by molar-refractivity contribution is -0.113. The molecule has 1 atom stereocenters. The van der Waals surface area contributed by atoms with Crippen LogP contribution in [0.15, 0.2) is 60.1 Å². The fourth-order valence-corrected chi connectivity index (χ4v) is 3.86. The third-order valence-corrected chi connectivity index (χ3v) is 5.42. The number of allylic oxidation sites excluding steroid dienone is 1. The maximum Gasteiger partial charge on any atom is 0.356 e. The Morgan fingerprint density at radius 2 is 2.03 bits per heavy atom. The van der Waals surface area contributed by atoms with E-state index in [4.69, 9.17) is 11.6 Å². The molecular formula is C21H16ClN7O3. The summed E-state index contributed by atoms with van der Waals surface area (Å²) in [5.74, 6) is -1.08. The number of carboxylic acids is 1. The molecule has 0 spiro atoms. The molecule has 0 aliphatic carbocycles. The number of carbonyl (C=O) groups excluding carboxylic acids is 1. The van der Waals surface area contributed by atoms with Crippen LogP contribution in [0, 0.1) is 0 Å². The number of pyridine rings is 1. The molecular weight excluding hydrogens is 434 g/mol. The van der Waals surface area contributed by atoms with Gasteiger partial charge in [0.15, 0.2) is 5.69 Å². The van der Waals surface area contributed by atoms with Gasteiger partial charge in [-0.3, -0.25) is 9.89 Å². The number of aromatic nitrogens is 5. The van der Waals surface area contributed by atoms with Crippen molar-refractivity contribution in [2.45, 2.75) is 13.0 Å². The van der Waals surface area contributed by atoms with E-state index in [2.05, 4.69) is 30.9 Å². The molecule has 160 valence electrons. The minimum absolute atomic E-state index is 0.140. The van der Waals surface area contributed by atoms with Crippen molar-refractivity contribution in [3.05, 3.63) is 76.5 Å². The quantitative estimate of drug-likeness (QED) is 0.350. The number of nitrogens with one attached hydrogen (secondary N) is 3. The molecule has 1 aromatic carbocycles. The Bertz CT molecular complexity index is 1400. The molecule has 4 N–H and O–H groups in total. The van der Waals surface area contributed by atoms with Gasteiger partial charge in [0.1, 0.15) is 17.0 Å². The third kappa shape index (κ3) is 3.36. The molecule has 0 saturated carbocycles. The highest BCUT2D eigenvalue weighted by atomic mass is 35.5. The van der Waals surface area contributed by atoms with Gasteiger partial charge in [0.05, 0.1) is 17.3 Å². The first-order valence-corrected chi connectivity index (χ1v) is 9.95. The summed E-state index contributed by atoms with van der Waals surface area (Å²) < 4.78 is 1.47. The number of fused-ring (bicyclic) bond motifs is 2. The van der Waals surface area contributed by atoms with Crippen molar-refractivity contribution in [1.29, 1.82) is 0 Å². The molecule has 32 heavy (non-hydrogen) atoms. The van der Waals surface area contributed by atoms with Crippen LogP contribution in [-0.4, -0.2) is 41.9 Å². The number of benzene rings is 1. The van der Waals surface area contributed by atoms with E-state index in [1.807, 2.05) is 12.1 Å². The van der Waals surface area contributed by atoms with Crippen LogP contribution in [0.5, 0.6) is 0 Å². The number of hydrogen-bond acceptors (Lipinski definition) is 6. The van der Waals surface area contributed by atoms with Gasteiger partial charge in [-0.05, 0) is 36.8 Å². The molecule has 1 aliphatic rings.